The zero-order valence-corrected chi connectivity index (χ0v) is 13.3. The average molecular weight is 332 g/mol. The molecule has 1 aromatic rings. The lowest BCUT2D eigenvalue weighted by atomic mass is 10.1. The predicted octanol–water partition coefficient (Wildman–Crippen LogP) is 3.77. The molecule has 2 rings (SSSR count). The first-order chi connectivity index (χ1) is 8.67. The molecule has 100 valence electrons. The van der Waals surface area contributed by atoms with E-state index in [1.54, 1.807) is 0 Å². The normalized spacial score (nSPS) is 21.3. The van der Waals surface area contributed by atoms with E-state index < -0.39 is 0 Å². The number of rotatable bonds is 3. The van der Waals surface area contributed by atoms with Crippen LogP contribution in [0.15, 0.2) is 18.2 Å². The summed E-state index contributed by atoms with van der Waals surface area (Å²) in [6.45, 7) is 8.96. The third kappa shape index (κ3) is 2.84. The number of benzene rings is 1. The van der Waals surface area contributed by atoms with Crippen molar-refractivity contribution in [2.75, 3.05) is 31.1 Å². The van der Waals surface area contributed by atoms with Gasteiger partial charge in [-0.15, -0.1) is 0 Å². The Kier molecular flexibility index (Phi) is 4.93. The third-order valence-corrected chi connectivity index (χ3v) is 4.65. The van der Waals surface area contributed by atoms with Crippen molar-refractivity contribution in [1.82, 2.24) is 4.90 Å². The molecule has 18 heavy (non-hydrogen) atoms. The molecule has 0 amide bonds. The van der Waals surface area contributed by atoms with Crippen LogP contribution in [0.5, 0.6) is 0 Å². The number of alkyl halides is 1. The molecule has 1 aliphatic heterocycles. The van der Waals surface area contributed by atoms with Gasteiger partial charge in [-0.3, -0.25) is 4.90 Å². The van der Waals surface area contributed by atoms with Gasteiger partial charge in [-0.25, -0.2) is 0 Å². The van der Waals surface area contributed by atoms with Crippen molar-refractivity contribution in [1.29, 1.82) is 0 Å². The van der Waals surface area contributed by atoms with E-state index in [-0.39, 0.29) is 0 Å². The fourth-order valence-electron chi connectivity index (χ4n) is 2.66. The Bertz CT molecular complexity index is 411. The number of nitrogens with zero attached hydrogens (tertiary/aromatic N) is 2. The molecule has 1 aromatic carbocycles. The zero-order valence-electron chi connectivity index (χ0n) is 11.0. The molecule has 4 heteroatoms. The van der Waals surface area contributed by atoms with Crippen LogP contribution in [0.25, 0.3) is 0 Å². The topological polar surface area (TPSA) is 6.48 Å². The fraction of sp³-hybridized carbons (Fsp3) is 0.571. The van der Waals surface area contributed by atoms with Crippen LogP contribution < -0.4 is 4.90 Å². The highest BCUT2D eigenvalue weighted by Gasteiger charge is 2.24. The molecule has 0 spiro atoms. The van der Waals surface area contributed by atoms with Gasteiger partial charge in [-0.2, -0.15) is 0 Å². The van der Waals surface area contributed by atoms with Gasteiger partial charge in [0.25, 0.3) is 0 Å². The summed E-state index contributed by atoms with van der Waals surface area (Å²) in [6, 6.07) is 6.79. The van der Waals surface area contributed by atoms with Crippen LogP contribution in [0.2, 0.25) is 5.02 Å². The first kappa shape index (κ1) is 14.2. The lowest BCUT2D eigenvalue weighted by Crippen LogP contribution is -2.51. The van der Waals surface area contributed by atoms with Gasteiger partial charge in [0.1, 0.15) is 0 Å². The van der Waals surface area contributed by atoms with Crippen LogP contribution in [0.1, 0.15) is 19.4 Å². The van der Waals surface area contributed by atoms with Crippen molar-refractivity contribution < 1.29 is 0 Å². The number of halogens is 2. The molecule has 1 atom stereocenters. The summed E-state index contributed by atoms with van der Waals surface area (Å²) in [6.07, 6.45) is 0. The highest BCUT2D eigenvalue weighted by atomic mass is 79.9. The molecular formula is C14H20BrClN2. The quantitative estimate of drug-likeness (QED) is 0.778. The van der Waals surface area contributed by atoms with Gasteiger partial charge in [0.05, 0.1) is 0 Å². The van der Waals surface area contributed by atoms with Crippen LogP contribution in [-0.4, -0.2) is 37.1 Å². The van der Waals surface area contributed by atoms with Gasteiger partial charge >= 0.3 is 0 Å². The molecule has 1 saturated heterocycles. The Balaban J connectivity index is 2.20. The third-order valence-electron chi connectivity index (χ3n) is 3.74. The molecule has 0 saturated carbocycles. The van der Waals surface area contributed by atoms with Crippen LogP contribution in [-0.2, 0) is 5.33 Å². The summed E-state index contributed by atoms with van der Waals surface area (Å²) < 4.78 is 0. The summed E-state index contributed by atoms with van der Waals surface area (Å²) in [7, 11) is 0. The number of piperazine rings is 1. The summed E-state index contributed by atoms with van der Waals surface area (Å²) in [5.74, 6) is 0. The second-order valence-electron chi connectivity index (χ2n) is 4.79. The lowest BCUT2D eigenvalue weighted by Gasteiger charge is -2.41. The molecule has 2 nitrogen and oxygen atoms in total. The van der Waals surface area contributed by atoms with Gasteiger partial charge < -0.3 is 4.90 Å². The van der Waals surface area contributed by atoms with Gasteiger partial charge in [0.15, 0.2) is 0 Å². The van der Waals surface area contributed by atoms with E-state index in [2.05, 4.69) is 45.6 Å². The van der Waals surface area contributed by atoms with E-state index in [1.807, 2.05) is 12.1 Å². The van der Waals surface area contributed by atoms with E-state index >= 15 is 0 Å². The number of likely N-dealkylation sites (N-methyl/N-ethyl adjacent to an activating group) is 1. The summed E-state index contributed by atoms with van der Waals surface area (Å²) >= 11 is 9.82. The standard InChI is InChI=1S/C14H20BrClN2/c1-3-17-7-8-18(10-11(17)2)14-6-4-5-13(16)12(14)9-15/h4-6,11H,3,7-10H2,1-2H3. The maximum absolute atomic E-state index is 6.27. The number of anilines is 1. The zero-order chi connectivity index (χ0) is 13.1. The van der Waals surface area contributed by atoms with Gasteiger partial charge in [0, 0.05) is 47.3 Å². The van der Waals surface area contributed by atoms with Crippen LogP contribution in [0, 0.1) is 0 Å². The molecule has 0 N–H and O–H groups in total. The van der Waals surface area contributed by atoms with E-state index in [0.29, 0.717) is 6.04 Å². The molecule has 1 aliphatic rings. The minimum absolute atomic E-state index is 0.603. The van der Waals surface area contributed by atoms with Gasteiger partial charge in [0.2, 0.25) is 0 Å². The Hall–Kier alpha value is -0.250. The largest absolute Gasteiger partial charge is 0.368 e. The highest BCUT2D eigenvalue weighted by Crippen LogP contribution is 2.30. The monoisotopic (exact) mass is 330 g/mol. The SMILES string of the molecule is CCN1CCN(c2cccc(Cl)c2CBr)CC1C. The highest BCUT2D eigenvalue weighted by molar-refractivity contribution is 9.08. The summed E-state index contributed by atoms with van der Waals surface area (Å²) in [5, 5.41) is 1.67. The molecule has 1 unspecified atom stereocenters. The van der Waals surface area contributed by atoms with Crippen molar-refractivity contribution in [3.8, 4) is 0 Å². The number of hydrogen-bond donors (Lipinski definition) is 0. The second-order valence-corrected chi connectivity index (χ2v) is 5.76. The predicted molar refractivity (Wildman–Crippen MR) is 83.0 cm³/mol. The van der Waals surface area contributed by atoms with Crippen molar-refractivity contribution in [3.63, 3.8) is 0 Å². The summed E-state index contributed by atoms with van der Waals surface area (Å²) in [4.78, 5) is 4.98. The Morgan fingerprint density at radius 3 is 2.78 bits per heavy atom. The molecule has 0 aromatic heterocycles. The van der Waals surface area contributed by atoms with E-state index in [4.69, 9.17) is 11.6 Å². The Morgan fingerprint density at radius 2 is 2.17 bits per heavy atom. The molecule has 0 aliphatic carbocycles. The van der Waals surface area contributed by atoms with Gasteiger partial charge in [-0.05, 0) is 25.6 Å². The smallest absolute Gasteiger partial charge is 0.0467 e. The molecule has 1 fully saturated rings. The van der Waals surface area contributed by atoms with Crippen molar-refractivity contribution in [2.45, 2.75) is 25.2 Å². The van der Waals surface area contributed by atoms with Crippen molar-refractivity contribution in [2.24, 2.45) is 0 Å². The number of hydrogen-bond acceptors (Lipinski definition) is 2. The van der Waals surface area contributed by atoms with Gasteiger partial charge in [-0.1, -0.05) is 40.5 Å². The summed E-state index contributed by atoms with van der Waals surface area (Å²) in [5.41, 5.74) is 2.48. The van der Waals surface area contributed by atoms with Crippen molar-refractivity contribution >= 4 is 33.2 Å². The average Bonchev–Trinajstić information content (AvgIpc) is 2.38. The maximum Gasteiger partial charge on any atom is 0.0467 e. The fourth-order valence-corrected chi connectivity index (χ4v) is 3.65. The Morgan fingerprint density at radius 1 is 1.39 bits per heavy atom. The van der Waals surface area contributed by atoms with Crippen LogP contribution in [0.4, 0.5) is 5.69 Å². The maximum atomic E-state index is 6.27. The Labute approximate surface area is 123 Å². The van der Waals surface area contributed by atoms with E-state index in [9.17, 15) is 0 Å². The lowest BCUT2D eigenvalue weighted by molar-refractivity contribution is 0.199. The molecular weight excluding hydrogens is 312 g/mol. The molecule has 0 bridgehead atoms. The first-order valence-corrected chi connectivity index (χ1v) is 7.99. The molecule has 0 radical (unpaired) electrons. The van der Waals surface area contributed by atoms with Crippen molar-refractivity contribution in [3.05, 3.63) is 28.8 Å². The first-order valence-electron chi connectivity index (χ1n) is 6.49. The van der Waals surface area contributed by atoms with Crippen LogP contribution in [0.3, 0.4) is 0 Å². The van der Waals surface area contributed by atoms with E-state index in [0.717, 1.165) is 36.5 Å². The van der Waals surface area contributed by atoms with E-state index in [1.165, 1.54) is 11.3 Å². The second kappa shape index (κ2) is 6.27. The minimum Gasteiger partial charge on any atom is -0.368 e. The minimum atomic E-state index is 0.603. The molecule has 1 heterocycles. The van der Waals surface area contributed by atoms with Crippen LogP contribution >= 0.6 is 27.5 Å².